The van der Waals surface area contributed by atoms with Crippen molar-refractivity contribution in [2.45, 2.75) is 24.7 Å². The second-order valence-corrected chi connectivity index (χ2v) is 5.97. The van der Waals surface area contributed by atoms with E-state index in [0.717, 1.165) is 0 Å². The number of rotatable bonds is 5. The molecule has 1 rings (SSSR count). The molecule has 0 saturated carbocycles. The molecule has 0 bridgehead atoms. The first kappa shape index (κ1) is 15.8. The van der Waals surface area contributed by atoms with E-state index in [2.05, 4.69) is 0 Å². The SMILES string of the molecule is Cc1ccc(N)c(C)c1S(=O)(=O)NCC(F)(F)CO. The van der Waals surface area contributed by atoms with Crippen molar-refractivity contribution < 1.29 is 22.3 Å². The van der Waals surface area contributed by atoms with Crippen molar-refractivity contribution >= 4 is 15.7 Å². The normalized spacial score (nSPS) is 12.7. The van der Waals surface area contributed by atoms with Gasteiger partial charge in [-0.2, -0.15) is 0 Å². The van der Waals surface area contributed by atoms with Crippen molar-refractivity contribution in [3.8, 4) is 0 Å². The van der Waals surface area contributed by atoms with E-state index in [4.69, 9.17) is 10.8 Å². The number of benzene rings is 1. The van der Waals surface area contributed by atoms with E-state index in [1.165, 1.54) is 13.0 Å². The summed E-state index contributed by atoms with van der Waals surface area (Å²) < 4.78 is 51.6. The van der Waals surface area contributed by atoms with Gasteiger partial charge in [-0.25, -0.2) is 21.9 Å². The van der Waals surface area contributed by atoms with Gasteiger partial charge in [0.05, 0.1) is 11.4 Å². The van der Waals surface area contributed by atoms with E-state index in [0.29, 0.717) is 11.1 Å². The van der Waals surface area contributed by atoms with Crippen molar-refractivity contribution in [2.24, 2.45) is 0 Å². The zero-order valence-corrected chi connectivity index (χ0v) is 11.4. The molecule has 0 atom stereocenters. The van der Waals surface area contributed by atoms with E-state index >= 15 is 0 Å². The maximum Gasteiger partial charge on any atom is 0.283 e. The number of nitrogens with one attached hydrogen (secondary N) is 1. The molecule has 0 amide bonds. The number of nitrogens with two attached hydrogens (primary N) is 1. The van der Waals surface area contributed by atoms with Gasteiger partial charge in [-0.1, -0.05) is 6.07 Å². The number of alkyl halides is 2. The zero-order chi connectivity index (χ0) is 14.8. The molecule has 19 heavy (non-hydrogen) atoms. The Morgan fingerprint density at radius 2 is 1.95 bits per heavy atom. The summed E-state index contributed by atoms with van der Waals surface area (Å²) in [6, 6.07) is 3.05. The van der Waals surface area contributed by atoms with E-state index in [1.807, 2.05) is 0 Å². The molecule has 108 valence electrons. The van der Waals surface area contributed by atoms with Crippen LogP contribution in [0.3, 0.4) is 0 Å². The fourth-order valence-corrected chi connectivity index (χ4v) is 3.14. The van der Waals surface area contributed by atoms with E-state index in [1.54, 1.807) is 17.7 Å². The highest BCUT2D eigenvalue weighted by atomic mass is 32.2. The number of halogens is 2. The third-order valence-corrected chi connectivity index (χ3v) is 4.36. The lowest BCUT2D eigenvalue weighted by Crippen LogP contribution is -2.39. The first-order valence-corrected chi connectivity index (χ1v) is 6.93. The van der Waals surface area contributed by atoms with Gasteiger partial charge >= 0.3 is 0 Å². The van der Waals surface area contributed by atoms with Crippen LogP contribution in [0.1, 0.15) is 11.1 Å². The Kier molecular flexibility index (Phi) is 4.49. The molecule has 0 fully saturated rings. The maximum absolute atomic E-state index is 12.9. The van der Waals surface area contributed by atoms with Crippen LogP contribution in [-0.2, 0) is 10.0 Å². The Hall–Kier alpha value is -1.25. The lowest BCUT2D eigenvalue weighted by molar-refractivity contribution is -0.0437. The van der Waals surface area contributed by atoms with Crippen LogP contribution in [-0.4, -0.2) is 32.6 Å². The predicted octanol–water partition coefficient (Wildman–Crippen LogP) is 0.792. The van der Waals surface area contributed by atoms with Crippen LogP contribution in [0.5, 0.6) is 0 Å². The monoisotopic (exact) mass is 294 g/mol. The molecule has 0 radical (unpaired) electrons. The number of nitrogen functional groups attached to an aromatic ring is 1. The molecule has 1 aromatic carbocycles. The van der Waals surface area contributed by atoms with Gasteiger partial charge in [0, 0.05) is 5.69 Å². The molecule has 8 heteroatoms. The smallest absolute Gasteiger partial charge is 0.283 e. The van der Waals surface area contributed by atoms with Crippen molar-refractivity contribution in [2.75, 3.05) is 18.9 Å². The Balaban J connectivity index is 3.12. The minimum atomic E-state index is -4.11. The van der Waals surface area contributed by atoms with Crippen molar-refractivity contribution in [1.29, 1.82) is 0 Å². The van der Waals surface area contributed by atoms with Crippen molar-refractivity contribution in [1.82, 2.24) is 4.72 Å². The topological polar surface area (TPSA) is 92.4 Å². The maximum atomic E-state index is 12.9. The van der Waals surface area contributed by atoms with E-state index in [-0.39, 0.29) is 10.6 Å². The number of aliphatic hydroxyl groups excluding tert-OH is 1. The highest BCUT2D eigenvalue weighted by Gasteiger charge is 2.31. The van der Waals surface area contributed by atoms with Crippen LogP contribution in [0.4, 0.5) is 14.5 Å². The number of sulfonamides is 1. The Bertz CT molecular complexity index is 574. The minimum Gasteiger partial charge on any atom is -0.398 e. The Labute approximate surface area is 110 Å². The average Bonchev–Trinajstić information content (AvgIpc) is 2.32. The molecule has 0 saturated heterocycles. The molecule has 0 spiro atoms. The second-order valence-electron chi connectivity index (χ2n) is 4.26. The van der Waals surface area contributed by atoms with E-state index in [9.17, 15) is 17.2 Å². The van der Waals surface area contributed by atoms with Gasteiger partial charge in [-0.05, 0) is 31.0 Å². The van der Waals surface area contributed by atoms with Gasteiger partial charge in [0.1, 0.15) is 6.61 Å². The van der Waals surface area contributed by atoms with Crippen LogP contribution >= 0.6 is 0 Å². The molecule has 0 aliphatic rings. The third kappa shape index (κ3) is 3.62. The minimum absolute atomic E-state index is 0.110. The summed E-state index contributed by atoms with van der Waals surface area (Å²) in [6.45, 7) is 0.455. The summed E-state index contributed by atoms with van der Waals surface area (Å²) >= 11 is 0. The summed E-state index contributed by atoms with van der Waals surface area (Å²) in [4.78, 5) is -0.110. The summed E-state index contributed by atoms with van der Waals surface area (Å²) in [7, 11) is -4.11. The standard InChI is InChI=1S/C11H16F2N2O3S/c1-7-3-4-9(14)8(2)10(7)19(17,18)15-5-11(12,13)6-16/h3-4,15-16H,5-6,14H2,1-2H3. The Morgan fingerprint density at radius 1 is 1.37 bits per heavy atom. The van der Waals surface area contributed by atoms with Gasteiger partial charge in [-0.3, -0.25) is 0 Å². The number of hydrogen-bond donors (Lipinski definition) is 3. The average molecular weight is 294 g/mol. The molecular weight excluding hydrogens is 278 g/mol. The molecule has 5 nitrogen and oxygen atoms in total. The summed E-state index contributed by atoms with van der Waals surface area (Å²) in [5.41, 5.74) is 6.59. The van der Waals surface area contributed by atoms with E-state index < -0.39 is 29.1 Å². The van der Waals surface area contributed by atoms with Crippen LogP contribution in [0.25, 0.3) is 0 Å². The van der Waals surface area contributed by atoms with Gasteiger partial charge in [0.15, 0.2) is 0 Å². The molecule has 1 aromatic rings. The quantitative estimate of drug-likeness (QED) is 0.700. The Morgan fingerprint density at radius 3 is 2.47 bits per heavy atom. The zero-order valence-electron chi connectivity index (χ0n) is 10.6. The van der Waals surface area contributed by atoms with Gasteiger partial charge in [0.25, 0.3) is 5.92 Å². The lowest BCUT2D eigenvalue weighted by Gasteiger charge is -2.17. The first-order chi connectivity index (χ1) is 8.60. The predicted molar refractivity (Wildman–Crippen MR) is 67.5 cm³/mol. The van der Waals surface area contributed by atoms with Crippen molar-refractivity contribution in [3.05, 3.63) is 23.3 Å². The summed E-state index contributed by atoms with van der Waals surface area (Å²) in [5.74, 6) is -3.50. The lowest BCUT2D eigenvalue weighted by atomic mass is 10.1. The summed E-state index contributed by atoms with van der Waals surface area (Å²) in [5, 5.41) is 8.41. The molecule has 0 unspecified atom stereocenters. The van der Waals surface area contributed by atoms with Crippen LogP contribution in [0, 0.1) is 13.8 Å². The van der Waals surface area contributed by atoms with Crippen LogP contribution in [0.15, 0.2) is 17.0 Å². The third-order valence-electron chi connectivity index (χ3n) is 2.67. The highest BCUT2D eigenvalue weighted by Crippen LogP contribution is 2.25. The molecular formula is C11H16F2N2O3S. The van der Waals surface area contributed by atoms with Crippen LogP contribution in [0.2, 0.25) is 0 Å². The number of aryl methyl sites for hydroxylation is 1. The fourth-order valence-electron chi connectivity index (χ4n) is 1.58. The number of anilines is 1. The molecule has 0 aliphatic carbocycles. The summed E-state index contributed by atoms with van der Waals surface area (Å²) in [6.07, 6.45) is 0. The second kappa shape index (κ2) is 5.40. The molecule has 4 N–H and O–H groups in total. The van der Waals surface area contributed by atoms with Gasteiger partial charge in [0.2, 0.25) is 10.0 Å². The molecule has 0 aliphatic heterocycles. The first-order valence-electron chi connectivity index (χ1n) is 5.45. The highest BCUT2D eigenvalue weighted by molar-refractivity contribution is 7.89. The van der Waals surface area contributed by atoms with Crippen LogP contribution < -0.4 is 10.5 Å². The number of hydrogen-bond acceptors (Lipinski definition) is 4. The molecule has 0 heterocycles. The number of aliphatic hydroxyl groups is 1. The van der Waals surface area contributed by atoms with Gasteiger partial charge in [-0.15, -0.1) is 0 Å². The van der Waals surface area contributed by atoms with Gasteiger partial charge < -0.3 is 10.8 Å². The fraction of sp³-hybridized carbons (Fsp3) is 0.455. The molecule has 0 aromatic heterocycles. The van der Waals surface area contributed by atoms with Crippen molar-refractivity contribution in [3.63, 3.8) is 0 Å². The largest absolute Gasteiger partial charge is 0.398 e.